The molecule has 0 bridgehead atoms. The van der Waals surface area contributed by atoms with Gasteiger partial charge in [-0.2, -0.15) is 0 Å². The molecule has 1 aliphatic carbocycles. The van der Waals surface area contributed by atoms with Crippen molar-refractivity contribution in [1.29, 1.82) is 0 Å². The summed E-state index contributed by atoms with van der Waals surface area (Å²) in [6.07, 6.45) is 1.30. The van der Waals surface area contributed by atoms with Crippen LogP contribution in [0, 0.1) is 0 Å². The van der Waals surface area contributed by atoms with Gasteiger partial charge in [0.2, 0.25) is 11.8 Å². The van der Waals surface area contributed by atoms with E-state index < -0.39 is 11.4 Å². The van der Waals surface area contributed by atoms with Crippen LogP contribution in [0.2, 0.25) is 0 Å². The summed E-state index contributed by atoms with van der Waals surface area (Å²) in [4.78, 5) is 43.2. The number of esters is 1. The molecular weight excluding hydrogens is 444 g/mol. The number of ether oxygens (including phenoxy) is 2. The van der Waals surface area contributed by atoms with Crippen LogP contribution >= 0.6 is 0 Å². The van der Waals surface area contributed by atoms with Gasteiger partial charge in [0.05, 0.1) is 12.2 Å². The van der Waals surface area contributed by atoms with Crippen molar-refractivity contribution < 1.29 is 23.9 Å². The molecule has 2 heterocycles. The summed E-state index contributed by atoms with van der Waals surface area (Å²) in [6.45, 7) is 4.19. The molecule has 0 fully saturated rings. The molecule has 180 valence electrons. The third-order valence-electron chi connectivity index (χ3n) is 7.01. The molecule has 2 atom stereocenters. The summed E-state index contributed by atoms with van der Waals surface area (Å²) < 4.78 is 11.3. The molecule has 2 aliphatic heterocycles. The first-order chi connectivity index (χ1) is 16.9. The average Bonchev–Trinajstić information content (AvgIpc) is 3.08. The Balaban J connectivity index is 1.76. The maximum absolute atomic E-state index is 14.3. The van der Waals surface area contributed by atoms with E-state index in [4.69, 9.17) is 15.2 Å². The summed E-state index contributed by atoms with van der Waals surface area (Å²) in [5.74, 6) is -1.30. The van der Waals surface area contributed by atoms with Crippen molar-refractivity contribution in [3.63, 3.8) is 0 Å². The first kappa shape index (κ1) is 22.9. The Bertz CT molecular complexity index is 1280. The number of rotatable bonds is 5. The van der Waals surface area contributed by atoms with Crippen molar-refractivity contribution in [1.82, 2.24) is 0 Å². The number of ketones is 1. The van der Waals surface area contributed by atoms with Crippen LogP contribution in [0.3, 0.4) is 0 Å². The Morgan fingerprint density at radius 1 is 1.09 bits per heavy atom. The first-order valence-electron chi connectivity index (χ1n) is 12.0. The smallest absolute Gasteiger partial charge is 0.341 e. The SMILES string of the molecule is CCCN1C(=O)[C@@]2(C(C(=O)OCC)=C(N)OC3=C2C(=O)C[C@H](c2ccccc2)C3)c2ccccc21. The molecule has 2 aromatic carbocycles. The number of anilines is 1. The zero-order valence-corrected chi connectivity index (χ0v) is 19.9. The van der Waals surface area contributed by atoms with Crippen molar-refractivity contribution in [3.8, 4) is 0 Å². The van der Waals surface area contributed by atoms with Gasteiger partial charge in [0.15, 0.2) is 5.78 Å². The fraction of sp³-hybridized carbons (Fsp3) is 0.321. The second-order valence-corrected chi connectivity index (χ2v) is 9.02. The minimum atomic E-state index is -1.69. The molecular formula is C28H28N2O5. The van der Waals surface area contributed by atoms with Crippen molar-refractivity contribution in [2.45, 2.75) is 44.4 Å². The molecule has 0 saturated carbocycles. The number of hydrogen-bond acceptors (Lipinski definition) is 6. The van der Waals surface area contributed by atoms with Gasteiger partial charge in [-0.3, -0.25) is 9.59 Å². The fourth-order valence-electron chi connectivity index (χ4n) is 5.68. The van der Waals surface area contributed by atoms with Gasteiger partial charge in [0, 0.05) is 30.6 Å². The molecule has 1 spiro atoms. The van der Waals surface area contributed by atoms with Gasteiger partial charge in [-0.25, -0.2) is 4.79 Å². The van der Waals surface area contributed by atoms with E-state index in [1.165, 1.54) is 0 Å². The first-order valence-corrected chi connectivity index (χ1v) is 12.0. The highest BCUT2D eigenvalue weighted by atomic mass is 16.5. The van der Waals surface area contributed by atoms with Crippen LogP contribution < -0.4 is 10.6 Å². The van der Waals surface area contributed by atoms with Crippen LogP contribution in [0.4, 0.5) is 5.69 Å². The number of nitrogens with two attached hydrogens (primary N) is 1. The summed E-state index contributed by atoms with van der Waals surface area (Å²) in [6, 6.07) is 17.0. The topological polar surface area (TPSA) is 98.9 Å². The summed E-state index contributed by atoms with van der Waals surface area (Å²) in [5, 5.41) is 0. The van der Waals surface area contributed by atoms with Crippen LogP contribution in [-0.4, -0.2) is 30.8 Å². The Kier molecular flexibility index (Phi) is 5.71. The van der Waals surface area contributed by atoms with Gasteiger partial charge in [-0.15, -0.1) is 0 Å². The summed E-state index contributed by atoms with van der Waals surface area (Å²) >= 11 is 0. The third-order valence-corrected chi connectivity index (χ3v) is 7.01. The molecule has 7 nitrogen and oxygen atoms in total. The molecule has 35 heavy (non-hydrogen) atoms. The predicted molar refractivity (Wildman–Crippen MR) is 130 cm³/mol. The minimum Gasteiger partial charge on any atom is -0.462 e. The van der Waals surface area contributed by atoms with Crippen molar-refractivity contribution >= 4 is 23.3 Å². The Morgan fingerprint density at radius 3 is 2.51 bits per heavy atom. The van der Waals surface area contributed by atoms with E-state index in [2.05, 4.69) is 0 Å². The lowest BCUT2D eigenvalue weighted by Gasteiger charge is -2.40. The standard InChI is InChI=1S/C28H28N2O5/c1-3-14-30-20-13-9-8-12-19(20)28(27(30)33)23-21(31)15-18(17-10-6-5-7-11-17)16-22(23)35-25(29)24(28)26(32)34-4-2/h5-13,18H,3-4,14-16,29H2,1-2H3/t18-,28-/m0/s1. The number of Topliss-reactive ketones (excluding diaryl/α,β-unsaturated/α-hetero) is 1. The Labute approximate surface area is 204 Å². The van der Waals surface area contributed by atoms with Crippen molar-refractivity contribution in [2.24, 2.45) is 5.73 Å². The third kappa shape index (κ3) is 3.29. The molecule has 3 aliphatic rings. The highest BCUT2D eigenvalue weighted by molar-refractivity contribution is 6.23. The van der Waals surface area contributed by atoms with Crippen LogP contribution in [0.15, 0.2) is 77.4 Å². The lowest BCUT2D eigenvalue weighted by molar-refractivity contribution is -0.141. The molecule has 2 aromatic rings. The van der Waals surface area contributed by atoms with Crippen molar-refractivity contribution in [2.75, 3.05) is 18.1 Å². The van der Waals surface area contributed by atoms with Gasteiger partial charge in [0.1, 0.15) is 16.7 Å². The second-order valence-electron chi connectivity index (χ2n) is 9.02. The molecule has 0 radical (unpaired) electrons. The van der Waals surface area contributed by atoms with Crippen LogP contribution in [0.1, 0.15) is 50.2 Å². The number of nitrogens with zero attached hydrogens (tertiary/aromatic N) is 1. The number of carbonyl (C=O) groups excluding carboxylic acids is 3. The molecule has 2 N–H and O–H groups in total. The normalized spacial score (nSPS) is 23.4. The summed E-state index contributed by atoms with van der Waals surface area (Å²) in [7, 11) is 0. The largest absolute Gasteiger partial charge is 0.462 e. The summed E-state index contributed by atoms with van der Waals surface area (Å²) in [5.41, 5.74) is 7.03. The number of allylic oxidation sites excluding steroid dienone is 1. The van der Waals surface area contributed by atoms with E-state index in [0.717, 1.165) is 5.56 Å². The predicted octanol–water partition coefficient (Wildman–Crippen LogP) is 3.85. The van der Waals surface area contributed by atoms with Gasteiger partial charge >= 0.3 is 5.97 Å². The fourth-order valence-corrected chi connectivity index (χ4v) is 5.68. The Hall–Kier alpha value is -3.87. The highest BCUT2D eigenvalue weighted by Crippen LogP contribution is 2.57. The van der Waals surface area contributed by atoms with Gasteiger partial charge in [0.25, 0.3) is 0 Å². The maximum atomic E-state index is 14.3. The van der Waals surface area contributed by atoms with E-state index in [1.54, 1.807) is 24.0 Å². The molecule has 0 saturated heterocycles. The highest BCUT2D eigenvalue weighted by Gasteiger charge is 2.64. The Morgan fingerprint density at radius 2 is 1.80 bits per heavy atom. The zero-order valence-electron chi connectivity index (χ0n) is 19.9. The molecule has 0 unspecified atom stereocenters. The van der Waals surface area contributed by atoms with E-state index in [0.29, 0.717) is 36.4 Å². The molecule has 7 heteroatoms. The lowest BCUT2D eigenvalue weighted by atomic mass is 9.63. The maximum Gasteiger partial charge on any atom is 0.341 e. The lowest BCUT2D eigenvalue weighted by Crippen LogP contribution is -2.51. The van der Waals surface area contributed by atoms with Gasteiger partial charge < -0.3 is 20.1 Å². The number of para-hydroxylation sites is 1. The number of benzene rings is 2. The molecule has 5 rings (SSSR count). The van der Waals surface area contributed by atoms with E-state index in [9.17, 15) is 14.4 Å². The minimum absolute atomic E-state index is 0.0934. The average molecular weight is 473 g/mol. The van der Waals surface area contributed by atoms with E-state index in [-0.39, 0.29) is 47.7 Å². The van der Waals surface area contributed by atoms with Gasteiger partial charge in [-0.1, -0.05) is 55.5 Å². The van der Waals surface area contributed by atoms with E-state index in [1.807, 2.05) is 49.4 Å². The molecule has 0 aromatic heterocycles. The van der Waals surface area contributed by atoms with Gasteiger partial charge in [-0.05, 0) is 30.9 Å². The van der Waals surface area contributed by atoms with Crippen LogP contribution in [0.5, 0.6) is 0 Å². The monoisotopic (exact) mass is 472 g/mol. The molecule has 1 amide bonds. The van der Waals surface area contributed by atoms with Crippen LogP contribution in [0.25, 0.3) is 0 Å². The van der Waals surface area contributed by atoms with Crippen molar-refractivity contribution in [3.05, 3.63) is 88.5 Å². The zero-order chi connectivity index (χ0) is 24.7. The number of fused-ring (bicyclic) bond motifs is 3. The quantitative estimate of drug-likeness (QED) is 0.664. The number of amides is 1. The van der Waals surface area contributed by atoms with Crippen LogP contribution in [-0.2, 0) is 29.3 Å². The number of carbonyl (C=O) groups is 3. The number of hydrogen-bond donors (Lipinski definition) is 1. The second kappa shape index (κ2) is 8.73. The van der Waals surface area contributed by atoms with E-state index >= 15 is 0 Å².